The summed E-state index contributed by atoms with van der Waals surface area (Å²) in [6.45, 7) is 4.29. The molecule has 5 nitrogen and oxygen atoms in total. The minimum atomic E-state index is -0.603. The molecule has 0 spiro atoms. The number of hydrogen-bond donors (Lipinski definition) is 0. The molecule has 0 fully saturated rings. The van der Waals surface area contributed by atoms with E-state index in [1.807, 2.05) is 12.1 Å². The highest BCUT2D eigenvalue weighted by atomic mass is 32.1. The van der Waals surface area contributed by atoms with E-state index in [2.05, 4.69) is 158 Å². The van der Waals surface area contributed by atoms with Gasteiger partial charge in [-0.3, -0.25) is 4.79 Å². The van der Waals surface area contributed by atoms with Crippen molar-refractivity contribution in [3.05, 3.63) is 197 Å². The fraction of sp³-hybridized carbons (Fsp3) is 0.0625. The predicted molar refractivity (Wildman–Crippen MR) is 225 cm³/mol. The molecule has 6 aromatic carbocycles. The summed E-state index contributed by atoms with van der Waals surface area (Å²) in [6.07, 6.45) is 0.720. The molecule has 1 aliphatic carbocycles. The highest BCUT2D eigenvalue weighted by Gasteiger charge is 2.48. The number of rotatable bonds is 8. The second-order valence-corrected chi connectivity index (χ2v) is 15.6. The van der Waals surface area contributed by atoms with Crippen LogP contribution < -0.4 is 4.90 Å². The van der Waals surface area contributed by atoms with Crippen LogP contribution in [0.4, 0.5) is 17.1 Å². The van der Waals surface area contributed by atoms with Crippen LogP contribution in [0.1, 0.15) is 43.9 Å². The van der Waals surface area contributed by atoms with Gasteiger partial charge < -0.3 is 9.32 Å². The predicted octanol–water partition coefficient (Wildman–Crippen LogP) is 12.9. The van der Waals surface area contributed by atoms with E-state index < -0.39 is 5.41 Å². The molecular weight excluding hydrogens is 715 g/mol. The average molecular weight is 748 g/mol. The molecule has 264 valence electrons. The second kappa shape index (κ2) is 13.2. The Kier molecular flexibility index (Phi) is 7.94. The van der Waals surface area contributed by atoms with Crippen molar-refractivity contribution >= 4 is 57.4 Å². The third-order valence-corrected chi connectivity index (χ3v) is 12.5. The van der Waals surface area contributed by atoms with Crippen molar-refractivity contribution in [2.45, 2.75) is 19.3 Å². The summed E-state index contributed by atoms with van der Waals surface area (Å²) >= 11 is 2.99. The molecular formula is C48H33N3O2S2. The van der Waals surface area contributed by atoms with Crippen LogP contribution in [0.5, 0.6) is 0 Å². The van der Waals surface area contributed by atoms with Crippen molar-refractivity contribution in [1.29, 1.82) is 0 Å². The van der Waals surface area contributed by atoms with Crippen molar-refractivity contribution < 1.29 is 9.21 Å². The summed E-state index contributed by atoms with van der Waals surface area (Å²) in [5.74, 6) is 0.883. The van der Waals surface area contributed by atoms with Crippen molar-refractivity contribution in [3.8, 4) is 32.2 Å². The number of aryl methyl sites for hydroxylation is 2. The number of carbonyl (C=O) groups is 1. The monoisotopic (exact) mass is 747 g/mol. The van der Waals surface area contributed by atoms with Crippen LogP contribution in [0.2, 0.25) is 0 Å². The first kappa shape index (κ1) is 33.2. The van der Waals surface area contributed by atoms with Gasteiger partial charge in [-0.1, -0.05) is 108 Å². The zero-order valence-electron chi connectivity index (χ0n) is 30.1. The molecule has 55 heavy (non-hydrogen) atoms. The zero-order chi connectivity index (χ0) is 37.1. The zero-order valence-corrected chi connectivity index (χ0v) is 31.7. The van der Waals surface area contributed by atoms with Gasteiger partial charge >= 0.3 is 0 Å². The maximum absolute atomic E-state index is 11.4. The van der Waals surface area contributed by atoms with E-state index in [4.69, 9.17) is 13.2 Å². The van der Waals surface area contributed by atoms with Crippen LogP contribution in [-0.4, -0.2) is 15.0 Å². The minimum Gasteiger partial charge on any atom is -0.453 e. The number of furan rings is 1. The number of thiophene rings is 1. The van der Waals surface area contributed by atoms with Crippen LogP contribution in [0.15, 0.2) is 162 Å². The minimum absolute atomic E-state index is 0.283. The topological polar surface area (TPSA) is 59.2 Å². The molecule has 0 bridgehead atoms. The maximum atomic E-state index is 11.4. The molecule has 0 N–H and O–H groups in total. The molecule has 7 heteroatoms. The van der Waals surface area contributed by atoms with Crippen LogP contribution in [-0.2, 0) is 5.41 Å². The second-order valence-electron chi connectivity index (χ2n) is 14.0. The molecule has 0 saturated heterocycles. The van der Waals surface area contributed by atoms with Gasteiger partial charge in [-0.05, 0) is 102 Å². The standard InChI is InChI=1S/C48H33N3O2S2/c1-30-13-17-32(18-14-30)48(33-19-15-31(2)16-20-33)41-27-36(51(34-9-5-3-6-10-34)35-11-7-4-8-12-35)21-23-38(41)47-42(48)28-44(54-47)40-25-24-39(45-46(40)50-55-49-45)43-26-22-37(29-52)53-43/h3-29H,1-2H3. The molecule has 3 aromatic heterocycles. The third kappa shape index (κ3) is 5.30. The van der Waals surface area contributed by atoms with Gasteiger partial charge in [-0.15, -0.1) is 11.3 Å². The first-order valence-corrected chi connectivity index (χ1v) is 19.7. The van der Waals surface area contributed by atoms with E-state index in [0.29, 0.717) is 5.76 Å². The van der Waals surface area contributed by atoms with Gasteiger partial charge in [0.1, 0.15) is 16.8 Å². The highest BCUT2D eigenvalue weighted by molar-refractivity contribution is 7.19. The fourth-order valence-corrected chi connectivity index (χ4v) is 10.0. The lowest BCUT2D eigenvalue weighted by Gasteiger charge is -2.34. The Hall–Kier alpha value is -6.41. The number of carbonyl (C=O) groups excluding carboxylic acids is 1. The van der Waals surface area contributed by atoms with Crippen LogP contribution in [0.3, 0.4) is 0 Å². The maximum Gasteiger partial charge on any atom is 0.185 e. The Balaban J connectivity index is 1.23. The summed E-state index contributed by atoms with van der Waals surface area (Å²) in [5.41, 5.74) is 14.7. The Morgan fingerprint density at radius 2 is 1.16 bits per heavy atom. The van der Waals surface area contributed by atoms with E-state index in [-0.39, 0.29) is 5.76 Å². The molecule has 3 heterocycles. The van der Waals surface area contributed by atoms with Crippen molar-refractivity contribution in [2.24, 2.45) is 0 Å². The number of para-hydroxylation sites is 2. The first-order valence-electron chi connectivity index (χ1n) is 18.2. The third-order valence-electron chi connectivity index (χ3n) is 10.7. The van der Waals surface area contributed by atoms with E-state index in [9.17, 15) is 4.79 Å². The number of anilines is 3. The number of hydrogen-bond acceptors (Lipinski definition) is 7. The average Bonchev–Trinajstić information content (AvgIpc) is 4.04. The molecule has 1 aliphatic rings. The highest BCUT2D eigenvalue weighted by Crippen LogP contribution is 2.61. The summed E-state index contributed by atoms with van der Waals surface area (Å²) < 4.78 is 15.4. The Labute approximate surface area is 327 Å². The van der Waals surface area contributed by atoms with Crippen LogP contribution in [0, 0.1) is 13.8 Å². The smallest absolute Gasteiger partial charge is 0.185 e. The Morgan fingerprint density at radius 3 is 1.76 bits per heavy atom. The van der Waals surface area contributed by atoms with Gasteiger partial charge in [0.05, 0.1) is 17.1 Å². The number of benzene rings is 6. The molecule has 9 aromatic rings. The van der Waals surface area contributed by atoms with Crippen LogP contribution >= 0.6 is 23.1 Å². The van der Waals surface area contributed by atoms with Crippen LogP contribution in [0.25, 0.3) is 43.2 Å². The molecule has 0 saturated carbocycles. The van der Waals surface area contributed by atoms with Crippen molar-refractivity contribution in [3.63, 3.8) is 0 Å². The van der Waals surface area contributed by atoms with Gasteiger partial charge in [0.2, 0.25) is 0 Å². The largest absolute Gasteiger partial charge is 0.453 e. The van der Waals surface area contributed by atoms with E-state index >= 15 is 0 Å². The number of aldehydes is 1. The van der Waals surface area contributed by atoms with Crippen molar-refractivity contribution in [1.82, 2.24) is 8.75 Å². The van der Waals surface area contributed by atoms with E-state index in [1.54, 1.807) is 17.4 Å². The van der Waals surface area contributed by atoms with Crippen molar-refractivity contribution in [2.75, 3.05) is 4.90 Å². The summed E-state index contributed by atoms with van der Waals surface area (Å²) in [7, 11) is 0. The first-order chi connectivity index (χ1) is 27.0. The fourth-order valence-electron chi connectivity index (χ4n) is 8.15. The normalized spacial score (nSPS) is 12.8. The number of fused-ring (bicyclic) bond motifs is 4. The van der Waals surface area contributed by atoms with E-state index in [1.165, 1.54) is 55.5 Å². The molecule has 0 aliphatic heterocycles. The number of aromatic nitrogens is 2. The van der Waals surface area contributed by atoms with Gasteiger partial charge in [0, 0.05) is 37.9 Å². The summed E-state index contributed by atoms with van der Waals surface area (Å²) in [5, 5.41) is 0. The molecule has 0 amide bonds. The van der Waals surface area contributed by atoms with Gasteiger partial charge in [0.25, 0.3) is 0 Å². The lowest BCUT2D eigenvalue weighted by molar-refractivity contribution is 0.110. The summed E-state index contributed by atoms with van der Waals surface area (Å²) in [6, 6.07) is 56.4. The van der Waals surface area contributed by atoms with Gasteiger partial charge in [-0.2, -0.15) is 8.75 Å². The molecule has 0 atom stereocenters. The van der Waals surface area contributed by atoms with E-state index in [0.717, 1.165) is 50.4 Å². The lowest BCUT2D eigenvalue weighted by Crippen LogP contribution is -2.28. The Bertz CT molecular complexity index is 2770. The SMILES string of the molecule is Cc1ccc(C2(c3ccc(C)cc3)c3cc(N(c4ccccc4)c4ccccc4)ccc3-c3sc(-c4ccc(-c5ccc(C=O)o5)c5nsnc45)cc32)cc1. The quantitative estimate of drug-likeness (QED) is 0.145. The Morgan fingerprint density at radius 1 is 0.582 bits per heavy atom. The number of nitrogens with zero attached hydrogens (tertiary/aromatic N) is 3. The molecule has 0 unspecified atom stereocenters. The van der Waals surface area contributed by atoms with Gasteiger partial charge in [-0.25, -0.2) is 0 Å². The molecule has 10 rings (SSSR count). The summed E-state index contributed by atoms with van der Waals surface area (Å²) in [4.78, 5) is 16.1. The lowest BCUT2D eigenvalue weighted by atomic mass is 9.67. The van der Waals surface area contributed by atoms with Gasteiger partial charge in [0.15, 0.2) is 12.0 Å². The molecule has 0 radical (unpaired) electrons.